The van der Waals surface area contributed by atoms with Crippen molar-refractivity contribution >= 4 is 15.9 Å². The van der Waals surface area contributed by atoms with Crippen molar-refractivity contribution in [1.29, 1.82) is 0 Å². The van der Waals surface area contributed by atoms with Gasteiger partial charge in [0.2, 0.25) is 0 Å². The van der Waals surface area contributed by atoms with Crippen LogP contribution in [0.3, 0.4) is 0 Å². The molecule has 0 saturated carbocycles. The number of hydrogen-bond acceptors (Lipinski definition) is 2. The Morgan fingerprint density at radius 3 is 1.73 bits per heavy atom. The average Bonchev–Trinajstić information content (AvgIpc) is 3.23. The molecule has 5 aromatic carbocycles. The molecule has 0 unspecified atom stereocenters. The molecule has 0 saturated heterocycles. The van der Waals surface area contributed by atoms with Crippen molar-refractivity contribution in [3.63, 3.8) is 0 Å². The summed E-state index contributed by atoms with van der Waals surface area (Å²) in [5.41, 5.74) is 12.6. The molecule has 0 radical (unpaired) electrons. The zero-order valence-electron chi connectivity index (χ0n) is 22.4. The lowest BCUT2D eigenvalue weighted by molar-refractivity contribution is 0.660. The summed E-state index contributed by atoms with van der Waals surface area (Å²) >= 11 is 3.79. The van der Waals surface area contributed by atoms with Gasteiger partial charge in [-0.1, -0.05) is 127 Å². The third kappa shape index (κ3) is 4.27. The Morgan fingerprint density at radius 1 is 0.475 bits per heavy atom. The zero-order chi connectivity index (χ0) is 27.3. The third-order valence-electron chi connectivity index (χ3n) is 7.94. The fourth-order valence-corrected chi connectivity index (χ4v) is 6.35. The van der Waals surface area contributed by atoms with Gasteiger partial charge in [0, 0.05) is 26.6 Å². The van der Waals surface area contributed by atoms with E-state index in [0.29, 0.717) is 5.82 Å². The van der Waals surface area contributed by atoms with E-state index < -0.39 is 0 Å². The third-order valence-corrected chi connectivity index (χ3v) is 8.40. The molecule has 1 aromatic heterocycles. The van der Waals surface area contributed by atoms with Crippen LogP contribution in [-0.4, -0.2) is 9.97 Å². The van der Waals surface area contributed by atoms with Crippen molar-refractivity contribution in [2.75, 3.05) is 0 Å². The predicted octanol–water partition coefficient (Wildman–Crippen LogP) is 10.2. The van der Waals surface area contributed by atoms with Crippen LogP contribution in [-0.2, 0) is 5.41 Å². The highest BCUT2D eigenvalue weighted by Crippen LogP contribution is 2.49. The van der Waals surface area contributed by atoms with Crippen molar-refractivity contribution in [3.05, 3.63) is 143 Å². The number of hydrogen-bond donors (Lipinski definition) is 0. The predicted molar refractivity (Wildman–Crippen MR) is 169 cm³/mol. The van der Waals surface area contributed by atoms with Gasteiger partial charge in [-0.15, -0.1) is 0 Å². The van der Waals surface area contributed by atoms with Crippen LogP contribution in [0.2, 0.25) is 0 Å². The largest absolute Gasteiger partial charge is 0.228 e. The van der Waals surface area contributed by atoms with Crippen LogP contribution < -0.4 is 0 Å². The smallest absolute Gasteiger partial charge is 0.160 e. The normalized spacial score (nSPS) is 13.1. The monoisotopic (exact) mass is 578 g/mol. The molecule has 0 amide bonds. The maximum Gasteiger partial charge on any atom is 0.160 e. The van der Waals surface area contributed by atoms with Gasteiger partial charge in [-0.3, -0.25) is 0 Å². The summed E-state index contributed by atoms with van der Waals surface area (Å²) in [6.07, 6.45) is 0. The summed E-state index contributed by atoms with van der Waals surface area (Å²) < 4.78 is 0.998. The number of rotatable bonds is 4. The summed E-state index contributed by atoms with van der Waals surface area (Å²) in [6, 6.07) is 44.8. The van der Waals surface area contributed by atoms with E-state index in [-0.39, 0.29) is 5.41 Å². The van der Waals surface area contributed by atoms with Gasteiger partial charge in [0.15, 0.2) is 5.82 Å². The molecule has 0 atom stereocenters. The number of nitrogens with zero attached hydrogens (tertiary/aromatic N) is 2. The molecule has 40 heavy (non-hydrogen) atoms. The second-order valence-corrected chi connectivity index (χ2v) is 11.8. The maximum absolute atomic E-state index is 5.05. The van der Waals surface area contributed by atoms with Crippen LogP contribution in [0.5, 0.6) is 0 Å². The van der Waals surface area contributed by atoms with E-state index in [1.54, 1.807) is 0 Å². The molecule has 1 aliphatic carbocycles. The molecule has 1 aliphatic rings. The molecular formula is C37H27BrN2. The first-order chi connectivity index (χ1) is 19.5. The molecule has 192 valence electrons. The summed E-state index contributed by atoms with van der Waals surface area (Å²) in [4.78, 5) is 10.1. The Kier molecular flexibility index (Phi) is 5.98. The fourth-order valence-electron chi connectivity index (χ4n) is 5.86. The number of fused-ring (bicyclic) bond motifs is 3. The first kappa shape index (κ1) is 24.7. The number of benzene rings is 5. The zero-order valence-corrected chi connectivity index (χ0v) is 24.0. The van der Waals surface area contributed by atoms with Crippen molar-refractivity contribution in [2.45, 2.75) is 19.3 Å². The van der Waals surface area contributed by atoms with Crippen LogP contribution in [0, 0.1) is 0 Å². The quantitative estimate of drug-likeness (QED) is 0.208. The molecule has 7 rings (SSSR count). The number of halogens is 1. The Labute approximate surface area is 243 Å². The second-order valence-electron chi connectivity index (χ2n) is 10.9. The van der Waals surface area contributed by atoms with E-state index in [0.717, 1.165) is 38.1 Å². The lowest BCUT2D eigenvalue weighted by Crippen LogP contribution is -2.14. The Hall–Kier alpha value is -4.34. The van der Waals surface area contributed by atoms with Gasteiger partial charge in [-0.2, -0.15) is 0 Å². The maximum atomic E-state index is 5.05. The van der Waals surface area contributed by atoms with E-state index in [1.165, 1.54) is 27.8 Å². The topological polar surface area (TPSA) is 25.8 Å². The van der Waals surface area contributed by atoms with Crippen molar-refractivity contribution in [2.24, 2.45) is 0 Å². The highest BCUT2D eigenvalue weighted by molar-refractivity contribution is 9.10. The summed E-state index contributed by atoms with van der Waals surface area (Å²) in [5, 5.41) is 0. The van der Waals surface area contributed by atoms with Crippen LogP contribution in [0.25, 0.3) is 56.2 Å². The van der Waals surface area contributed by atoms with Gasteiger partial charge in [0.25, 0.3) is 0 Å². The Balaban J connectivity index is 1.36. The van der Waals surface area contributed by atoms with Crippen LogP contribution in [0.15, 0.2) is 132 Å². The molecule has 0 N–H and O–H groups in total. The van der Waals surface area contributed by atoms with E-state index in [9.17, 15) is 0 Å². The van der Waals surface area contributed by atoms with Crippen LogP contribution in [0.4, 0.5) is 0 Å². The molecule has 0 fully saturated rings. The minimum absolute atomic E-state index is 0.0471. The van der Waals surface area contributed by atoms with Gasteiger partial charge in [-0.05, 0) is 63.7 Å². The number of aromatic nitrogens is 2. The molecule has 0 spiro atoms. The van der Waals surface area contributed by atoms with Crippen molar-refractivity contribution in [1.82, 2.24) is 9.97 Å². The highest BCUT2D eigenvalue weighted by Gasteiger charge is 2.35. The van der Waals surface area contributed by atoms with Gasteiger partial charge in [-0.25, -0.2) is 9.97 Å². The van der Waals surface area contributed by atoms with Crippen LogP contribution >= 0.6 is 15.9 Å². The molecule has 0 bridgehead atoms. The Morgan fingerprint density at radius 2 is 1.05 bits per heavy atom. The lowest BCUT2D eigenvalue weighted by atomic mass is 9.81. The molecular weight excluding hydrogens is 552 g/mol. The first-order valence-corrected chi connectivity index (χ1v) is 14.3. The standard InChI is InChI=1S/C37H27BrN2/c1-37(2)32-16-10-9-15-30(32)31-18-17-26(22-33(31)37)27-19-28(21-29(38)20-27)36-39-34(24-11-5-3-6-12-24)23-35(40-36)25-13-7-4-8-14-25/h3-23H,1-2H3. The SMILES string of the molecule is CC1(C)c2ccccc2-c2ccc(-c3cc(Br)cc(-c4nc(-c5ccccc5)cc(-c5ccccc5)n4)c3)cc21. The second kappa shape index (κ2) is 9.69. The van der Waals surface area contributed by atoms with Crippen molar-refractivity contribution in [3.8, 4) is 56.2 Å². The van der Waals surface area contributed by atoms with E-state index >= 15 is 0 Å². The van der Waals surface area contributed by atoms with Gasteiger partial charge in [0.05, 0.1) is 11.4 Å². The van der Waals surface area contributed by atoms with Gasteiger partial charge < -0.3 is 0 Å². The van der Waals surface area contributed by atoms with Crippen molar-refractivity contribution < 1.29 is 0 Å². The minimum Gasteiger partial charge on any atom is -0.228 e. The molecule has 6 aromatic rings. The van der Waals surface area contributed by atoms with E-state index in [1.807, 2.05) is 36.4 Å². The molecule has 2 nitrogen and oxygen atoms in total. The Bertz CT molecular complexity index is 1820. The molecule has 3 heteroatoms. The lowest BCUT2D eigenvalue weighted by Gasteiger charge is -2.22. The molecule has 0 aliphatic heterocycles. The molecule has 1 heterocycles. The van der Waals surface area contributed by atoms with E-state index in [2.05, 4.69) is 121 Å². The van der Waals surface area contributed by atoms with Gasteiger partial charge >= 0.3 is 0 Å². The van der Waals surface area contributed by atoms with Gasteiger partial charge in [0.1, 0.15) is 0 Å². The summed E-state index contributed by atoms with van der Waals surface area (Å²) in [7, 11) is 0. The summed E-state index contributed by atoms with van der Waals surface area (Å²) in [5.74, 6) is 0.705. The fraction of sp³-hybridized carbons (Fsp3) is 0.0811. The first-order valence-electron chi connectivity index (χ1n) is 13.5. The highest BCUT2D eigenvalue weighted by atomic mass is 79.9. The minimum atomic E-state index is -0.0471. The van der Waals surface area contributed by atoms with Crippen LogP contribution in [0.1, 0.15) is 25.0 Å². The average molecular weight is 580 g/mol. The summed E-state index contributed by atoms with van der Waals surface area (Å²) in [6.45, 7) is 4.64. The van der Waals surface area contributed by atoms with E-state index in [4.69, 9.17) is 9.97 Å².